The van der Waals surface area contributed by atoms with Gasteiger partial charge in [0.2, 0.25) is 0 Å². The van der Waals surface area contributed by atoms with Crippen molar-refractivity contribution in [2.75, 3.05) is 18.9 Å². The molecular formula is C28H25Cl2F2N2O6S2+. The zero-order valence-electron chi connectivity index (χ0n) is 21.9. The van der Waals surface area contributed by atoms with E-state index in [1.807, 2.05) is 0 Å². The van der Waals surface area contributed by atoms with Crippen molar-refractivity contribution in [1.29, 1.82) is 0 Å². The van der Waals surface area contributed by atoms with Crippen LogP contribution in [0.3, 0.4) is 0 Å². The Labute approximate surface area is 258 Å². The second kappa shape index (κ2) is 13.6. The lowest BCUT2D eigenvalue weighted by Crippen LogP contribution is -2.40. The number of carbonyl (C=O) groups is 3. The molecule has 1 saturated heterocycles. The normalized spacial score (nSPS) is 17.3. The molecule has 42 heavy (non-hydrogen) atoms. The van der Waals surface area contributed by atoms with Crippen molar-refractivity contribution < 1.29 is 42.4 Å². The number of thioether (sulfide) groups is 1. The lowest BCUT2D eigenvalue weighted by Gasteiger charge is -2.26. The van der Waals surface area contributed by atoms with E-state index in [1.54, 1.807) is 12.1 Å². The van der Waals surface area contributed by atoms with Gasteiger partial charge in [-0.3, -0.25) is 9.59 Å². The van der Waals surface area contributed by atoms with Crippen LogP contribution in [0.4, 0.5) is 8.78 Å². The molecule has 1 aromatic carbocycles. The zero-order valence-corrected chi connectivity index (χ0v) is 25.0. The summed E-state index contributed by atoms with van der Waals surface area (Å²) in [5, 5.41) is -0.326. The van der Waals surface area contributed by atoms with Crippen LogP contribution in [-0.4, -0.2) is 54.0 Å². The van der Waals surface area contributed by atoms with E-state index in [9.17, 15) is 23.2 Å². The Bertz CT molecular complexity index is 1450. The van der Waals surface area contributed by atoms with E-state index in [1.165, 1.54) is 47.3 Å². The van der Waals surface area contributed by atoms with E-state index < -0.39 is 24.1 Å². The van der Waals surface area contributed by atoms with Crippen molar-refractivity contribution in [2.24, 2.45) is 5.92 Å². The molecule has 0 spiro atoms. The maximum Gasteiger partial charge on any atom is 0.387 e. The molecule has 1 unspecified atom stereocenters. The number of thiophene rings is 1. The molecule has 5 rings (SSSR count). The van der Waals surface area contributed by atoms with Crippen molar-refractivity contribution in [2.45, 2.75) is 37.4 Å². The predicted octanol–water partition coefficient (Wildman–Crippen LogP) is 6.11. The number of ether oxygens (including phenoxy) is 3. The number of halogens is 4. The summed E-state index contributed by atoms with van der Waals surface area (Å²) >= 11 is 15.1. The summed E-state index contributed by atoms with van der Waals surface area (Å²) in [6.45, 7) is -2.41. The van der Waals surface area contributed by atoms with Crippen molar-refractivity contribution in [3.8, 4) is 11.5 Å². The number of hydrogen-bond acceptors (Lipinski definition) is 8. The molecule has 1 aliphatic heterocycles. The fourth-order valence-electron chi connectivity index (χ4n) is 4.35. The summed E-state index contributed by atoms with van der Waals surface area (Å²) in [5.74, 6) is -0.258. The predicted molar refractivity (Wildman–Crippen MR) is 154 cm³/mol. The van der Waals surface area contributed by atoms with Crippen LogP contribution in [0.1, 0.15) is 49.4 Å². The van der Waals surface area contributed by atoms with Crippen LogP contribution >= 0.6 is 46.3 Å². The standard InChI is InChI=1S/C28H24Cl2F2N2O6S2/c29-19-11-33-12-20(30)18(19)10-22(16-3-5-21(40-28(31)32)23(9-16)38-14-15-1-2-15)39-27(37)26-34(7-8-41-26)25(36)24-6-4-17(13-35)42-24/h3-6,9,11-13,15,22,26,28H,1-2,7-8,10,14H2/p+1/t22-,26?/m0/s1. The Hall–Kier alpha value is -2.93. The summed E-state index contributed by atoms with van der Waals surface area (Å²) in [6.07, 6.45) is 4.79. The number of carbonyl (C=O) groups excluding carboxylic acids is 3. The molecule has 1 saturated carbocycles. The number of alkyl halides is 2. The van der Waals surface area contributed by atoms with E-state index in [4.69, 9.17) is 32.7 Å². The number of benzene rings is 1. The summed E-state index contributed by atoms with van der Waals surface area (Å²) in [4.78, 5) is 42.9. The van der Waals surface area contributed by atoms with Crippen LogP contribution in [0, 0.1) is 5.92 Å². The molecule has 1 amide bonds. The van der Waals surface area contributed by atoms with Gasteiger partial charge in [0.15, 0.2) is 35.6 Å². The molecule has 0 bridgehead atoms. The molecule has 3 aromatic rings. The van der Waals surface area contributed by atoms with Crippen LogP contribution < -0.4 is 14.5 Å². The number of amides is 1. The van der Waals surface area contributed by atoms with Gasteiger partial charge in [0, 0.05) is 24.3 Å². The third kappa shape index (κ3) is 7.34. The van der Waals surface area contributed by atoms with E-state index in [2.05, 4.69) is 9.72 Å². The highest BCUT2D eigenvalue weighted by Crippen LogP contribution is 2.39. The fourth-order valence-corrected chi connectivity index (χ4v) is 6.76. The molecule has 1 aliphatic carbocycles. The Morgan fingerprint density at radius 2 is 1.88 bits per heavy atom. The van der Waals surface area contributed by atoms with Crippen molar-refractivity contribution in [3.05, 3.63) is 73.7 Å². The molecule has 2 atom stereocenters. The van der Waals surface area contributed by atoms with Crippen molar-refractivity contribution >= 4 is 64.5 Å². The lowest BCUT2D eigenvalue weighted by molar-refractivity contribution is -0.377. The molecule has 2 fully saturated rings. The number of hydrogen-bond donors (Lipinski definition) is 0. The van der Waals surface area contributed by atoms with E-state index in [0.717, 1.165) is 24.2 Å². The number of aldehydes is 1. The first-order valence-electron chi connectivity index (χ1n) is 13.0. The minimum absolute atomic E-state index is 0.0498. The molecule has 3 heterocycles. The fraction of sp³-hybridized carbons (Fsp3) is 0.357. The van der Waals surface area contributed by atoms with E-state index in [-0.39, 0.29) is 23.8 Å². The van der Waals surface area contributed by atoms with Crippen LogP contribution in [-0.2, 0) is 16.0 Å². The van der Waals surface area contributed by atoms with Crippen LogP contribution in [0.15, 0.2) is 42.7 Å². The summed E-state index contributed by atoms with van der Waals surface area (Å²) < 4.78 is 42.7. The van der Waals surface area contributed by atoms with Gasteiger partial charge >= 0.3 is 12.6 Å². The van der Waals surface area contributed by atoms with Gasteiger partial charge in [-0.15, -0.1) is 23.1 Å². The molecule has 2 aromatic heterocycles. The van der Waals surface area contributed by atoms with Gasteiger partial charge in [0.25, 0.3) is 5.91 Å². The van der Waals surface area contributed by atoms with Gasteiger partial charge in [0.05, 0.1) is 16.4 Å². The third-order valence-corrected chi connectivity index (χ3v) is 9.53. The largest absolute Gasteiger partial charge is 0.489 e. The average Bonchev–Trinajstić information content (AvgIpc) is 3.44. The maximum atomic E-state index is 13.6. The molecule has 8 nitrogen and oxygen atoms in total. The van der Waals surface area contributed by atoms with Gasteiger partial charge in [0.1, 0.15) is 16.1 Å². The van der Waals surface area contributed by atoms with E-state index >= 15 is 0 Å². The number of rotatable bonds is 12. The SMILES string of the molecule is O=Cc1ccc(C(=O)N2CCSC2C(=O)O[C@@H](Cc2c(Cl)c[nH+]cc2Cl)c2ccc(OC(F)F)c(OCC3CC3)c2)s1. The lowest BCUT2D eigenvalue weighted by atomic mass is 10.0. The third-order valence-electron chi connectivity index (χ3n) is 6.68. The van der Waals surface area contributed by atoms with Crippen molar-refractivity contribution in [1.82, 2.24) is 4.90 Å². The highest BCUT2D eigenvalue weighted by Gasteiger charge is 2.38. The Morgan fingerprint density at radius 3 is 2.55 bits per heavy atom. The smallest absolute Gasteiger partial charge is 0.387 e. The number of nitrogens with zero attached hydrogens (tertiary/aromatic N) is 1. The second-order valence-corrected chi connectivity index (χ2v) is 12.8. The number of nitrogens with one attached hydrogen (secondary N) is 1. The quantitative estimate of drug-likeness (QED) is 0.171. The van der Waals surface area contributed by atoms with Gasteiger partial charge < -0.3 is 19.1 Å². The molecule has 1 N–H and O–H groups in total. The summed E-state index contributed by atoms with van der Waals surface area (Å²) in [5.41, 5.74) is 0.931. The molecule has 14 heteroatoms. The topological polar surface area (TPSA) is 96.3 Å². The minimum atomic E-state index is -3.06. The first-order chi connectivity index (χ1) is 20.2. The summed E-state index contributed by atoms with van der Waals surface area (Å²) in [7, 11) is 0. The monoisotopic (exact) mass is 657 g/mol. The van der Waals surface area contributed by atoms with E-state index in [0.29, 0.717) is 62.0 Å². The molecule has 2 aliphatic rings. The first kappa shape index (κ1) is 30.5. The van der Waals surface area contributed by atoms with Crippen LogP contribution in [0.2, 0.25) is 10.0 Å². The minimum Gasteiger partial charge on any atom is -0.489 e. The average molecular weight is 659 g/mol. The molecule has 0 radical (unpaired) electrons. The van der Waals surface area contributed by atoms with Crippen molar-refractivity contribution in [3.63, 3.8) is 0 Å². The molecule has 222 valence electrons. The van der Waals surface area contributed by atoms with Gasteiger partial charge in [-0.2, -0.15) is 8.78 Å². The number of aromatic amines is 1. The highest BCUT2D eigenvalue weighted by molar-refractivity contribution is 8.00. The number of aromatic nitrogens is 1. The number of H-pyrrole nitrogens is 1. The van der Waals surface area contributed by atoms with Gasteiger partial charge in [-0.25, -0.2) is 9.78 Å². The maximum absolute atomic E-state index is 13.6. The first-order valence-corrected chi connectivity index (χ1v) is 15.6. The Balaban J connectivity index is 1.43. The molecular weight excluding hydrogens is 633 g/mol. The van der Waals surface area contributed by atoms with Gasteiger partial charge in [-0.05, 0) is 48.6 Å². The second-order valence-electron chi connectivity index (χ2n) is 9.64. The highest BCUT2D eigenvalue weighted by atomic mass is 35.5. The zero-order chi connectivity index (χ0) is 29.8. The number of pyridine rings is 1. The van der Waals surface area contributed by atoms with Crippen LogP contribution in [0.5, 0.6) is 11.5 Å². The Kier molecular flexibility index (Phi) is 9.87. The Morgan fingerprint density at radius 1 is 1.12 bits per heavy atom. The van der Waals surface area contributed by atoms with Crippen LogP contribution in [0.25, 0.3) is 0 Å². The number of esters is 1. The van der Waals surface area contributed by atoms with Gasteiger partial charge in [-0.1, -0.05) is 29.3 Å². The summed E-state index contributed by atoms with van der Waals surface area (Å²) in [6, 6.07) is 7.45.